The molecule has 0 aliphatic heterocycles. The highest BCUT2D eigenvalue weighted by molar-refractivity contribution is 9.10. The first-order chi connectivity index (χ1) is 9.67. The number of likely N-dealkylation sites (N-methyl/N-ethyl adjacent to an activating group) is 1. The summed E-state index contributed by atoms with van der Waals surface area (Å²) >= 11 is 3.24. The minimum atomic E-state index is -0.257. The number of benzene rings is 2. The van der Waals surface area contributed by atoms with E-state index in [2.05, 4.69) is 39.9 Å². The Morgan fingerprint density at radius 1 is 1.20 bits per heavy atom. The molecule has 2 N–H and O–H groups in total. The van der Waals surface area contributed by atoms with Gasteiger partial charge in [0.25, 0.3) is 0 Å². The maximum atomic E-state index is 13.4. The van der Waals surface area contributed by atoms with E-state index < -0.39 is 0 Å². The van der Waals surface area contributed by atoms with Crippen LogP contribution in [0.15, 0.2) is 53.0 Å². The third kappa shape index (κ3) is 3.19. The number of hydrogen-bond acceptors (Lipinski definition) is 2. The Hall–Kier alpha value is -1.39. The molecule has 0 saturated carbocycles. The van der Waals surface area contributed by atoms with Crippen molar-refractivity contribution < 1.29 is 4.39 Å². The van der Waals surface area contributed by atoms with E-state index in [9.17, 15) is 4.39 Å². The van der Waals surface area contributed by atoms with Crippen LogP contribution in [0.3, 0.4) is 0 Å². The molecule has 0 saturated heterocycles. The largest absolute Gasteiger partial charge is 0.363 e. The van der Waals surface area contributed by atoms with Gasteiger partial charge in [-0.2, -0.15) is 0 Å². The van der Waals surface area contributed by atoms with Gasteiger partial charge in [0, 0.05) is 18.8 Å². The maximum Gasteiger partial charge on any atom is 0.137 e. The van der Waals surface area contributed by atoms with E-state index in [-0.39, 0.29) is 11.9 Å². The summed E-state index contributed by atoms with van der Waals surface area (Å²) in [6.45, 7) is 3.40. The number of hydrogen-bond donors (Lipinski definition) is 1. The van der Waals surface area contributed by atoms with Gasteiger partial charge < -0.3 is 10.6 Å². The molecule has 4 heteroatoms. The molecule has 0 aliphatic rings. The highest BCUT2D eigenvalue weighted by Gasteiger charge is 2.19. The average molecular weight is 337 g/mol. The van der Waals surface area contributed by atoms with Gasteiger partial charge in [0.1, 0.15) is 5.82 Å². The molecule has 0 aliphatic carbocycles. The van der Waals surface area contributed by atoms with E-state index in [0.29, 0.717) is 11.0 Å². The first kappa shape index (κ1) is 15.0. The lowest BCUT2D eigenvalue weighted by atomic mass is 10.0. The Labute approximate surface area is 127 Å². The Balaban J connectivity index is 2.36. The molecule has 1 unspecified atom stereocenters. The standard InChI is InChI=1S/C16H18BrFN2/c1-2-20(13-6-4-3-5-7-13)16(11-19)12-8-9-15(18)14(17)10-12/h3-10,16H,2,11,19H2,1H3. The van der Waals surface area contributed by atoms with Crippen molar-refractivity contribution in [2.45, 2.75) is 13.0 Å². The Bertz CT molecular complexity index is 560. The topological polar surface area (TPSA) is 29.3 Å². The number of para-hydroxylation sites is 1. The summed E-state index contributed by atoms with van der Waals surface area (Å²) < 4.78 is 13.9. The van der Waals surface area contributed by atoms with Gasteiger partial charge in [0.05, 0.1) is 10.5 Å². The minimum Gasteiger partial charge on any atom is -0.363 e. The molecule has 0 bridgehead atoms. The first-order valence-electron chi connectivity index (χ1n) is 6.64. The molecule has 1 atom stereocenters. The van der Waals surface area contributed by atoms with E-state index in [1.54, 1.807) is 12.1 Å². The first-order valence-corrected chi connectivity index (χ1v) is 7.43. The summed E-state index contributed by atoms with van der Waals surface area (Å²) in [5, 5.41) is 0. The molecule has 2 aromatic rings. The number of nitrogens with zero attached hydrogens (tertiary/aromatic N) is 1. The van der Waals surface area contributed by atoms with Gasteiger partial charge in [0.2, 0.25) is 0 Å². The van der Waals surface area contributed by atoms with E-state index in [1.807, 2.05) is 18.2 Å². The molecular weight excluding hydrogens is 319 g/mol. The third-order valence-electron chi connectivity index (χ3n) is 3.36. The minimum absolute atomic E-state index is 0.0271. The predicted molar refractivity (Wildman–Crippen MR) is 85.4 cm³/mol. The van der Waals surface area contributed by atoms with Crippen LogP contribution in [0.2, 0.25) is 0 Å². The van der Waals surface area contributed by atoms with Crippen LogP contribution in [0.5, 0.6) is 0 Å². The fourth-order valence-corrected chi connectivity index (χ4v) is 2.76. The number of halogens is 2. The van der Waals surface area contributed by atoms with Gasteiger partial charge in [-0.05, 0) is 52.7 Å². The number of nitrogens with two attached hydrogens (primary N) is 1. The van der Waals surface area contributed by atoms with E-state index in [4.69, 9.17) is 5.73 Å². The fourth-order valence-electron chi connectivity index (χ4n) is 2.37. The van der Waals surface area contributed by atoms with Crippen molar-refractivity contribution in [1.29, 1.82) is 0 Å². The van der Waals surface area contributed by atoms with Crippen LogP contribution >= 0.6 is 15.9 Å². The normalized spacial score (nSPS) is 12.2. The monoisotopic (exact) mass is 336 g/mol. The lowest BCUT2D eigenvalue weighted by Gasteiger charge is -2.32. The van der Waals surface area contributed by atoms with E-state index >= 15 is 0 Å². The van der Waals surface area contributed by atoms with Crippen molar-refractivity contribution in [2.75, 3.05) is 18.0 Å². The molecule has 106 valence electrons. The van der Waals surface area contributed by atoms with Crippen molar-refractivity contribution >= 4 is 21.6 Å². The van der Waals surface area contributed by atoms with Crippen LogP contribution in [0.4, 0.5) is 10.1 Å². The second kappa shape index (κ2) is 6.86. The summed E-state index contributed by atoms with van der Waals surface area (Å²) in [7, 11) is 0. The predicted octanol–water partition coefficient (Wildman–Crippen LogP) is 4.11. The number of rotatable bonds is 5. The summed E-state index contributed by atoms with van der Waals surface area (Å²) in [6, 6.07) is 15.2. The van der Waals surface area contributed by atoms with Crippen LogP contribution in [0.25, 0.3) is 0 Å². The van der Waals surface area contributed by atoms with Crippen molar-refractivity contribution in [3.63, 3.8) is 0 Å². The summed E-state index contributed by atoms with van der Waals surface area (Å²) in [4.78, 5) is 2.22. The average Bonchev–Trinajstić information content (AvgIpc) is 2.48. The molecule has 0 spiro atoms. The molecule has 0 amide bonds. The zero-order valence-corrected chi connectivity index (χ0v) is 13.0. The quantitative estimate of drug-likeness (QED) is 0.889. The van der Waals surface area contributed by atoms with Crippen LogP contribution in [-0.4, -0.2) is 13.1 Å². The summed E-state index contributed by atoms with van der Waals surface area (Å²) in [6.07, 6.45) is 0. The van der Waals surface area contributed by atoms with Crippen LogP contribution in [0.1, 0.15) is 18.5 Å². The Morgan fingerprint density at radius 2 is 1.90 bits per heavy atom. The molecule has 2 nitrogen and oxygen atoms in total. The van der Waals surface area contributed by atoms with Crippen LogP contribution in [0, 0.1) is 5.82 Å². The maximum absolute atomic E-state index is 13.4. The summed E-state index contributed by atoms with van der Waals surface area (Å²) in [5.41, 5.74) is 8.08. The van der Waals surface area contributed by atoms with Gasteiger partial charge in [0.15, 0.2) is 0 Å². The van der Waals surface area contributed by atoms with Crippen molar-refractivity contribution in [3.05, 3.63) is 64.4 Å². The highest BCUT2D eigenvalue weighted by Crippen LogP contribution is 2.28. The molecule has 2 rings (SSSR count). The summed E-state index contributed by atoms with van der Waals surface area (Å²) in [5.74, 6) is -0.257. The lowest BCUT2D eigenvalue weighted by Crippen LogP contribution is -2.33. The second-order valence-corrected chi connectivity index (χ2v) is 5.40. The zero-order chi connectivity index (χ0) is 14.5. The van der Waals surface area contributed by atoms with Crippen molar-refractivity contribution in [2.24, 2.45) is 5.73 Å². The smallest absolute Gasteiger partial charge is 0.137 e. The third-order valence-corrected chi connectivity index (χ3v) is 3.96. The molecular formula is C16H18BrFN2. The highest BCUT2D eigenvalue weighted by atomic mass is 79.9. The van der Waals surface area contributed by atoms with Gasteiger partial charge in [-0.3, -0.25) is 0 Å². The van der Waals surface area contributed by atoms with Crippen molar-refractivity contribution in [1.82, 2.24) is 0 Å². The second-order valence-electron chi connectivity index (χ2n) is 4.55. The molecule has 2 aromatic carbocycles. The fraction of sp³-hybridized carbons (Fsp3) is 0.250. The Kier molecular flexibility index (Phi) is 5.15. The lowest BCUT2D eigenvalue weighted by molar-refractivity contribution is 0.611. The molecule has 0 radical (unpaired) electrons. The van der Waals surface area contributed by atoms with E-state index in [1.165, 1.54) is 6.07 Å². The van der Waals surface area contributed by atoms with Gasteiger partial charge in [-0.25, -0.2) is 4.39 Å². The van der Waals surface area contributed by atoms with Gasteiger partial charge >= 0.3 is 0 Å². The van der Waals surface area contributed by atoms with Gasteiger partial charge in [-0.15, -0.1) is 0 Å². The molecule has 0 aromatic heterocycles. The molecule has 0 fully saturated rings. The molecule has 0 heterocycles. The SMILES string of the molecule is CCN(c1ccccc1)C(CN)c1ccc(F)c(Br)c1. The zero-order valence-electron chi connectivity index (χ0n) is 11.4. The number of anilines is 1. The van der Waals surface area contributed by atoms with E-state index in [0.717, 1.165) is 17.8 Å². The van der Waals surface area contributed by atoms with Crippen LogP contribution in [-0.2, 0) is 0 Å². The molecule has 20 heavy (non-hydrogen) atoms. The van der Waals surface area contributed by atoms with Crippen LogP contribution < -0.4 is 10.6 Å². The Morgan fingerprint density at radius 3 is 2.45 bits per heavy atom. The van der Waals surface area contributed by atoms with Crippen molar-refractivity contribution in [3.8, 4) is 0 Å². The van der Waals surface area contributed by atoms with Gasteiger partial charge in [-0.1, -0.05) is 24.3 Å².